The van der Waals surface area contributed by atoms with Gasteiger partial charge < -0.3 is 14.9 Å². The molecule has 2 N–H and O–H groups in total. The Labute approximate surface area is 177 Å². The van der Waals surface area contributed by atoms with Crippen LogP contribution in [0, 0.1) is 0 Å². The zero-order chi connectivity index (χ0) is 20.7. The van der Waals surface area contributed by atoms with E-state index in [0.717, 1.165) is 48.6 Å². The van der Waals surface area contributed by atoms with E-state index < -0.39 is 0 Å². The van der Waals surface area contributed by atoms with Crippen LogP contribution in [-0.2, 0) is 27.2 Å². The molecule has 6 nitrogen and oxygen atoms in total. The van der Waals surface area contributed by atoms with E-state index in [1.165, 1.54) is 23.9 Å². The van der Waals surface area contributed by atoms with Crippen molar-refractivity contribution in [3.63, 3.8) is 0 Å². The molecule has 30 heavy (non-hydrogen) atoms. The molecule has 1 fully saturated rings. The van der Waals surface area contributed by atoms with Gasteiger partial charge in [-0.15, -0.1) is 0 Å². The molecule has 1 aliphatic carbocycles. The maximum atomic E-state index is 6.62. The fourth-order valence-electron chi connectivity index (χ4n) is 4.92. The molecule has 156 valence electrons. The van der Waals surface area contributed by atoms with Crippen molar-refractivity contribution in [1.82, 2.24) is 24.0 Å². The number of benzene rings is 2. The lowest BCUT2D eigenvalue weighted by Gasteiger charge is -2.38. The lowest BCUT2D eigenvalue weighted by atomic mass is 9.89. The van der Waals surface area contributed by atoms with Crippen LogP contribution < -0.4 is 5.73 Å². The van der Waals surface area contributed by atoms with Crippen LogP contribution in [0.15, 0.2) is 48.5 Å². The lowest BCUT2D eigenvalue weighted by Crippen LogP contribution is -2.49. The summed E-state index contributed by atoms with van der Waals surface area (Å²) in [7, 11) is 4.22. The van der Waals surface area contributed by atoms with Crippen molar-refractivity contribution in [1.29, 1.82) is 0 Å². The Balaban J connectivity index is 1.51. The Hall–Kier alpha value is -2.70. The van der Waals surface area contributed by atoms with Gasteiger partial charge in [-0.3, -0.25) is 4.90 Å². The van der Waals surface area contributed by atoms with E-state index in [-0.39, 0.29) is 6.04 Å². The average Bonchev–Trinajstić information content (AvgIpc) is 3.25. The zero-order valence-corrected chi connectivity index (χ0v) is 17.8. The van der Waals surface area contributed by atoms with Crippen molar-refractivity contribution in [2.45, 2.75) is 50.9 Å². The number of para-hydroxylation sites is 4. The van der Waals surface area contributed by atoms with Crippen LogP contribution in [0.5, 0.6) is 0 Å². The molecule has 2 heterocycles. The number of hydrogen-bond acceptors (Lipinski definition) is 4. The zero-order valence-electron chi connectivity index (χ0n) is 17.8. The SMILES string of the molecule is Cn1c(CN(Cc2nc3ccccc3n2C)C2CCCCC2N)nc2ccccc21. The predicted octanol–water partition coefficient (Wildman–Crippen LogP) is 3.73. The Morgan fingerprint density at radius 2 is 1.33 bits per heavy atom. The summed E-state index contributed by atoms with van der Waals surface area (Å²) in [4.78, 5) is 12.4. The van der Waals surface area contributed by atoms with E-state index in [0.29, 0.717) is 6.04 Å². The summed E-state index contributed by atoms with van der Waals surface area (Å²) in [5, 5.41) is 0. The number of nitrogens with zero attached hydrogens (tertiary/aromatic N) is 5. The van der Waals surface area contributed by atoms with Crippen LogP contribution in [0.25, 0.3) is 22.1 Å². The molecule has 0 bridgehead atoms. The van der Waals surface area contributed by atoms with Gasteiger partial charge in [-0.05, 0) is 37.1 Å². The minimum atomic E-state index is 0.197. The summed E-state index contributed by atoms with van der Waals surface area (Å²) in [5.74, 6) is 2.15. The molecule has 5 rings (SSSR count). The van der Waals surface area contributed by atoms with Crippen LogP contribution in [0.3, 0.4) is 0 Å². The number of rotatable bonds is 5. The van der Waals surface area contributed by atoms with Crippen LogP contribution in [-0.4, -0.2) is 36.1 Å². The van der Waals surface area contributed by atoms with Gasteiger partial charge in [-0.1, -0.05) is 37.1 Å². The number of aromatic nitrogens is 4. The highest BCUT2D eigenvalue weighted by atomic mass is 15.2. The maximum absolute atomic E-state index is 6.62. The number of fused-ring (bicyclic) bond motifs is 2. The second-order valence-corrected chi connectivity index (χ2v) is 8.57. The summed E-state index contributed by atoms with van der Waals surface area (Å²) >= 11 is 0. The molecule has 2 aromatic carbocycles. The van der Waals surface area contributed by atoms with Crippen LogP contribution in [0.4, 0.5) is 0 Å². The highest BCUT2D eigenvalue weighted by Crippen LogP contribution is 2.26. The van der Waals surface area contributed by atoms with Gasteiger partial charge in [0.1, 0.15) is 11.6 Å². The van der Waals surface area contributed by atoms with Crippen molar-refractivity contribution < 1.29 is 0 Å². The van der Waals surface area contributed by atoms with Crippen LogP contribution in [0.2, 0.25) is 0 Å². The molecule has 0 spiro atoms. The van der Waals surface area contributed by atoms with E-state index in [1.54, 1.807) is 0 Å². The Morgan fingerprint density at radius 3 is 1.83 bits per heavy atom. The Bertz CT molecular complexity index is 1090. The largest absolute Gasteiger partial charge is 0.330 e. The summed E-state index contributed by atoms with van der Waals surface area (Å²) in [6, 6.07) is 17.2. The number of imidazole rings is 2. The van der Waals surface area contributed by atoms with Crippen LogP contribution in [0.1, 0.15) is 37.3 Å². The molecular weight excluding hydrogens is 372 g/mol. The molecule has 0 saturated heterocycles. The molecule has 2 atom stereocenters. The smallest absolute Gasteiger partial charge is 0.123 e. The first-order valence-corrected chi connectivity index (χ1v) is 10.9. The van der Waals surface area contributed by atoms with E-state index >= 15 is 0 Å². The van der Waals surface area contributed by atoms with Gasteiger partial charge in [0.2, 0.25) is 0 Å². The third kappa shape index (κ3) is 3.40. The lowest BCUT2D eigenvalue weighted by molar-refractivity contribution is 0.114. The highest BCUT2D eigenvalue weighted by Gasteiger charge is 2.30. The van der Waals surface area contributed by atoms with Gasteiger partial charge >= 0.3 is 0 Å². The quantitative estimate of drug-likeness (QED) is 0.552. The standard InChI is InChI=1S/C24H30N6/c1-28-21-13-7-4-10-18(21)26-23(28)15-30(20-12-6-3-9-17(20)25)16-24-27-19-11-5-8-14-22(19)29(24)2/h4-5,7-8,10-11,13-14,17,20H,3,6,9,12,15-16,25H2,1-2H3. The second kappa shape index (κ2) is 7.85. The number of hydrogen-bond donors (Lipinski definition) is 1. The molecule has 0 amide bonds. The molecule has 2 unspecified atom stereocenters. The molecule has 6 heteroatoms. The molecule has 2 aromatic heterocycles. The first-order chi connectivity index (χ1) is 14.6. The number of nitrogens with two attached hydrogens (primary N) is 1. The normalized spacial score (nSPS) is 19.9. The molecule has 1 aliphatic rings. The highest BCUT2D eigenvalue weighted by molar-refractivity contribution is 5.76. The van der Waals surface area contributed by atoms with Crippen molar-refractivity contribution in [2.24, 2.45) is 19.8 Å². The van der Waals surface area contributed by atoms with Gasteiger partial charge in [-0.25, -0.2) is 9.97 Å². The van der Waals surface area contributed by atoms with E-state index in [9.17, 15) is 0 Å². The average molecular weight is 403 g/mol. The van der Waals surface area contributed by atoms with Crippen molar-refractivity contribution in [2.75, 3.05) is 0 Å². The first-order valence-electron chi connectivity index (χ1n) is 10.9. The minimum Gasteiger partial charge on any atom is -0.330 e. The fourth-order valence-corrected chi connectivity index (χ4v) is 4.92. The first kappa shape index (κ1) is 19.3. The third-order valence-corrected chi connectivity index (χ3v) is 6.70. The van der Waals surface area contributed by atoms with Crippen molar-refractivity contribution >= 4 is 22.1 Å². The molecular formula is C24H30N6. The fraction of sp³-hybridized carbons (Fsp3) is 0.417. The Kier molecular flexibility index (Phi) is 5.05. The maximum Gasteiger partial charge on any atom is 0.123 e. The molecule has 0 radical (unpaired) electrons. The van der Waals surface area contributed by atoms with Gasteiger partial charge in [0, 0.05) is 26.2 Å². The summed E-state index contributed by atoms with van der Waals surface area (Å²) in [5.41, 5.74) is 11.1. The van der Waals surface area contributed by atoms with Gasteiger partial charge in [-0.2, -0.15) is 0 Å². The summed E-state index contributed by atoms with van der Waals surface area (Å²) < 4.78 is 4.43. The van der Waals surface area contributed by atoms with Gasteiger partial charge in [0.05, 0.1) is 35.2 Å². The monoisotopic (exact) mass is 402 g/mol. The van der Waals surface area contributed by atoms with Crippen molar-refractivity contribution in [3.8, 4) is 0 Å². The summed E-state index contributed by atoms with van der Waals surface area (Å²) in [6.07, 6.45) is 4.69. The predicted molar refractivity (Wildman–Crippen MR) is 121 cm³/mol. The number of aryl methyl sites for hydroxylation is 2. The van der Waals surface area contributed by atoms with E-state index in [2.05, 4.69) is 64.5 Å². The van der Waals surface area contributed by atoms with E-state index in [1.807, 2.05) is 12.1 Å². The van der Waals surface area contributed by atoms with Gasteiger partial charge in [0.15, 0.2) is 0 Å². The Morgan fingerprint density at radius 1 is 0.833 bits per heavy atom. The van der Waals surface area contributed by atoms with E-state index in [4.69, 9.17) is 15.7 Å². The van der Waals surface area contributed by atoms with Crippen molar-refractivity contribution in [3.05, 3.63) is 60.2 Å². The topological polar surface area (TPSA) is 64.9 Å². The van der Waals surface area contributed by atoms with Crippen LogP contribution >= 0.6 is 0 Å². The third-order valence-electron chi connectivity index (χ3n) is 6.70. The second-order valence-electron chi connectivity index (χ2n) is 8.57. The van der Waals surface area contributed by atoms with Gasteiger partial charge in [0.25, 0.3) is 0 Å². The molecule has 0 aliphatic heterocycles. The summed E-state index contributed by atoms with van der Waals surface area (Å²) in [6.45, 7) is 1.54. The molecule has 4 aromatic rings. The molecule has 1 saturated carbocycles. The minimum absolute atomic E-state index is 0.197.